The first-order valence-corrected chi connectivity index (χ1v) is 7.25. The summed E-state index contributed by atoms with van der Waals surface area (Å²) in [6.45, 7) is 0.535. The van der Waals surface area contributed by atoms with Gasteiger partial charge in [-0.2, -0.15) is 0 Å². The molecule has 0 bridgehead atoms. The molecule has 0 aliphatic carbocycles. The summed E-state index contributed by atoms with van der Waals surface area (Å²) in [6, 6.07) is 7.28. The SMILES string of the molecule is O=C(O)C=Cc1cccc(OCCSc2cnccn2)c1. The first-order chi connectivity index (χ1) is 10.2. The molecule has 6 heteroatoms. The van der Waals surface area contributed by atoms with Crippen molar-refractivity contribution in [2.45, 2.75) is 5.03 Å². The number of carboxylic acid groups (broad SMARTS) is 1. The summed E-state index contributed by atoms with van der Waals surface area (Å²) in [6.07, 6.45) is 7.63. The second-order valence-electron chi connectivity index (χ2n) is 3.98. The molecular weight excluding hydrogens is 288 g/mol. The van der Waals surface area contributed by atoms with Crippen LogP contribution >= 0.6 is 11.8 Å². The molecule has 0 radical (unpaired) electrons. The minimum atomic E-state index is -0.971. The summed E-state index contributed by atoms with van der Waals surface area (Å²) < 4.78 is 5.62. The van der Waals surface area contributed by atoms with Gasteiger partial charge >= 0.3 is 5.97 Å². The van der Waals surface area contributed by atoms with Gasteiger partial charge < -0.3 is 9.84 Å². The number of benzene rings is 1. The Morgan fingerprint density at radius 3 is 3.05 bits per heavy atom. The molecule has 108 valence electrons. The molecule has 0 saturated carbocycles. The second kappa shape index (κ2) is 8.06. The van der Waals surface area contributed by atoms with E-state index in [4.69, 9.17) is 9.84 Å². The lowest BCUT2D eigenvalue weighted by molar-refractivity contribution is -0.131. The molecule has 0 amide bonds. The molecule has 0 aliphatic rings. The molecule has 5 nitrogen and oxygen atoms in total. The molecule has 21 heavy (non-hydrogen) atoms. The minimum absolute atomic E-state index is 0.535. The van der Waals surface area contributed by atoms with Gasteiger partial charge in [0.05, 0.1) is 12.8 Å². The maximum Gasteiger partial charge on any atom is 0.328 e. The zero-order chi connectivity index (χ0) is 14.9. The molecule has 1 N–H and O–H groups in total. The summed E-state index contributed by atoms with van der Waals surface area (Å²) in [5, 5.41) is 9.45. The largest absolute Gasteiger partial charge is 0.493 e. The zero-order valence-corrected chi connectivity index (χ0v) is 12.0. The average molecular weight is 302 g/mol. The lowest BCUT2D eigenvalue weighted by atomic mass is 10.2. The third-order valence-corrected chi connectivity index (χ3v) is 3.30. The van der Waals surface area contributed by atoms with Crippen LogP contribution in [0.2, 0.25) is 0 Å². The van der Waals surface area contributed by atoms with Crippen molar-refractivity contribution >= 4 is 23.8 Å². The number of carboxylic acids is 1. The van der Waals surface area contributed by atoms with Gasteiger partial charge in [-0.05, 0) is 23.8 Å². The van der Waals surface area contributed by atoms with Gasteiger partial charge in [-0.15, -0.1) is 11.8 Å². The summed E-state index contributed by atoms with van der Waals surface area (Å²) >= 11 is 1.57. The van der Waals surface area contributed by atoms with Crippen molar-refractivity contribution in [3.63, 3.8) is 0 Å². The van der Waals surface area contributed by atoms with Crippen LogP contribution in [0.25, 0.3) is 6.08 Å². The van der Waals surface area contributed by atoms with Crippen LogP contribution in [-0.2, 0) is 4.79 Å². The van der Waals surface area contributed by atoms with E-state index in [2.05, 4.69) is 9.97 Å². The number of hydrogen-bond donors (Lipinski definition) is 1. The van der Waals surface area contributed by atoms with Crippen molar-refractivity contribution in [3.8, 4) is 5.75 Å². The monoisotopic (exact) mass is 302 g/mol. The summed E-state index contributed by atoms with van der Waals surface area (Å²) in [4.78, 5) is 18.6. The quantitative estimate of drug-likeness (QED) is 0.482. The molecule has 0 unspecified atom stereocenters. The predicted octanol–water partition coefficient (Wildman–Crippen LogP) is 2.75. The minimum Gasteiger partial charge on any atom is -0.493 e. The first kappa shape index (κ1) is 15.1. The number of aromatic nitrogens is 2. The van der Waals surface area contributed by atoms with Crippen LogP contribution in [0, 0.1) is 0 Å². The Labute approximate surface area is 126 Å². The molecule has 0 fully saturated rings. The lowest BCUT2D eigenvalue weighted by Gasteiger charge is -2.06. The van der Waals surface area contributed by atoms with E-state index >= 15 is 0 Å². The molecule has 0 spiro atoms. The Morgan fingerprint density at radius 2 is 2.29 bits per heavy atom. The van der Waals surface area contributed by atoms with Gasteiger partial charge in [0.2, 0.25) is 0 Å². The van der Waals surface area contributed by atoms with E-state index in [1.54, 1.807) is 36.4 Å². The van der Waals surface area contributed by atoms with Crippen LogP contribution in [0.3, 0.4) is 0 Å². The van der Waals surface area contributed by atoms with E-state index in [9.17, 15) is 4.79 Å². The first-order valence-electron chi connectivity index (χ1n) is 6.27. The van der Waals surface area contributed by atoms with Crippen LogP contribution < -0.4 is 4.74 Å². The van der Waals surface area contributed by atoms with E-state index in [1.165, 1.54) is 6.08 Å². The fourth-order valence-electron chi connectivity index (χ4n) is 1.54. The van der Waals surface area contributed by atoms with Gasteiger partial charge in [-0.25, -0.2) is 9.78 Å². The number of aliphatic carboxylic acids is 1. The zero-order valence-electron chi connectivity index (χ0n) is 11.2. The molecule has 1 aromatic heterocycles. The maximum atomic E-state index is 10.5. The van der Waals surface area contributed by atoms with Crippen molar-refractivity contribution in [1.82, 2.24) is 9.97 Å². The Balaban J connectivity index is 1.80. The molecule has 0 atom stereocenters. The van der Waals surface area contributed by atoms with Gasteiger partial charge in [0.1, 0.15) is 10.8 Å². The predicted molar refractivity (Wildman–Crippen MR) is 81.4 cm³/mol. The van der Waals surface area contributed by atoms with E-state index in [-0.39, 0.29) is 0 Å². The molecule has 1 aromatic carbocycles. The Hall–Kier alpha value is -2.34. The smallest absolute Gasteiger partial charge is 0.328 e. The van der Waals surface area contributed by atoms with E-state index in [0.717, 1.165) is 22.4 Å². The number of thioether (sulfide) groups is 1. The van der Waals surface area contributed by atoms with Crippen LogP contribution in [0.15, 0.2) is 54.0 Å². The molecule has 0 aliphatic heterocycles. The van der Waals surface area contributed by atoms with Gasteiger partial charge in [-0.1, -0.05) is 12.1 Å². The molecule has 2 rings (SSSR count). The van der Waals surface area contributed by atoms with Crippen molar-refractivity contribution in [1.29, 1.82) is 0 Å². The van der Waals surface area contributed by atoms with Crippen molar-refractivity contribution < 1.29 is 14.6 Å². The van der Waals surface area contributed by atoms with Gasteiger partial charge in [-0.3, -0.25) is 4.98 Å². The highest BCUT2D eigenvalue weighted by Crippen LogP contribution is 2.16. The Morgan fingerprint density at radius 1 is 1.38 bits per heavy atom. The topological polar surface area (TPSA) is 72.3 Å². The summed E-state index contributed by atoms with van der Waals surface area (Å²) in [5.41, 5.74) is 0.788. The fraction of sp³-hybridized carbons (Fsp3) is 0.133. The van der Waals surface area contributed by atoms with Gasteiger partial charge in [0.25, 0.3) is 0 Å². The fourth-order valence-corrected chi connectivity index (χ4v) is 2.19. The molecular formula is C15H14N2O3S. The number of carbonyl (C=O) groups is 1. The van der Waals surface area contributed by atoms with E-state index < -0.39 is 5.97 Å². The van der Waals surface area contributed by atoms with E-state index in [0.29, 0.717) is 12.4 Å². The summed E-state index contributed by atoms with van der Waals surface area (Å²) in [5.74, 6) is 0.498. The van der Waals surface area contributed by atoms with Crippen molar-refractivity contribution in [3.05, 3.63) is 54.5 Å². The van der Waals surface area contributed by atoms with Crippen molar-refractivity contribution in [2.24, 2.45) is 0 Å². The number of rotatable bonds is 7. The maximum absolute atomic E-state index is 10.5. The van der Waals surface area contributed by atoms with Crippen LogP contribution in [0.1, 0.15) is 5.56 Å². The number of ether oxygens (including phenoxy) is 1. The number of hydrogen-bond acceptors (Lipinski definition) is 5. The molecule has 0 saturated heterocycles. The lowest BCUT2D eigenvalue weighted by Crippen LogP contribution is -2.00. The van der Waals surface area contributed by atoms with Gasteiger partial charge in [0.15, 0.2) is 0 Å². The number of nitrogens with zero attached hydrogens (tertiary/aromatic N) is 2. The van der Waals surface area contributed by atoms with Crippen LogP contribution in [0.4, 0.5) is 0 Å². The summed E-state index contributed by atoms with van der Waals surface area (Å²) in [7, 11) is 0. The van der Waals surface area contributed by atoms with E-state index in [1.807, 2.05) is 18.2 Å². The highest BCUT2D eigenvalue weighted by atomic mass is 32.2. The van der Waals surface area contributed by atoms with Crippen LogP contribution in [0.5, 0.6) is 5.75 Å². The second-order valence-corrected chi connectivity index (χ2v) is 5.10. The molecule has 1 heterocycles. The third-order valence-electron chi connectivity index (χ3n) is 2.42. The standard InChI is InChI=1S/C15H14N2O3S/c18-15(19)5-4-12-2-1-3-13(10-12)20-8-9-21-14-11-16-6-7-17-14/h1-7,10-11H,8-9H2,(H,18,19). The third kappa shape index (κ3) is 5.66. The average Bonchev–Trinajstić information content (AvgIpc) is 2.51. The Bertz CT molecular complexity index is 617. The van der Waals surface area contributed by atoms with Crippen molar-refractivity contribution in [2.75, 3.05) is 12.4 Å². The highest BCUT2D eigenvalue weighted by molar-refractivity contribution is 7.99. The molecule has 2 aromatic rings. The normalized spacial score (nSPS) is 10.7. The highest BCUT2D eigenvalue weighted by Gasteiger charge is 1.98. The van der Waals surface area contributed by atoms with Gasteiger partial charge in [0, 0.05) is 24.2 Å². The Kier molecular flexibility index (Phi) is 5.78. The van der Waals surface area contributed by atoms with Crippen LogP contribution in [-0.4, -0.2) is 33.4 Å².